The molecule has 1 fully saturated rings. The molecule has 4 nitrogen and oxygen atoms in total. The van der Waals surface area contributed by atoms with E-state index in [0.717, 1.165) is 0 Å². The van der Waals surface area contributed by atoms with Gasteiger partial charge in [-0.25, -0.2) is 0 Å². The largest absolute Gasteiger partial charge is 0.457 e. The minimum absolute atomic E-state index is 0.114. The Morgan fingerprint density at radius 2 is 1.82 bits per heavy atom. The molecule has 0 unspecified atom stereocenters. The van der Waals surface area contributed by atoms with E-state index < -0.39 is 12.1 Å². The van der Waals surface area contributed by atoms with Crippen molar-refractivity contribution in [1.29, 1.82) is 5.26 Å². The van der Waals surface area contributed by atoms with Gasteiger partial charge < -0.3 is 9.47 Å². The highest BCUT2D eigenvalue weighted by Gasteiger charge is 2.62. The van der Waals surface area contributed by atoms with Crippen LogP contribution in [0.3, 0.4) is 0 Å². The van der Waals surface area contributed by atoms with Crippen LogP contribution in [0.1, 0.15) is 25.5 Å². The Kier molecular flexibility index (Phi) is 5.98. The molecule has 0 amide bonds. The molecule has 0 aromatic heterocycles. The maximum absolute atomic E-state index is 12.6. The number of allylic oxidation sites excluding steroid dienone is 1. The first kappa shape index (κ1) is 20.3. The van der Waals surface area contributed by atoms with E-state index in [1.807, 2.05) is 50.2 Å². The number of halogens is 2. The van der Waals surface area contributed by atoms with Crippen molar-refractivity contribution < 1.29 is 14.3 Å². The molecule has 1 saturated carbocycles. The molecule has 0 bridgehead atoms. The van der Waals surface area contributed by atoms with Gasteiger partial charge in [-0.05, 0) is 41.7 Å². The Morgan fingerprint density at radius 1 is 1.14 bits per heavy atom. The Hall–Kier alpha value is -2.48. The monoisotopic (exact) mass is 415 g/mol. The van der Waals surface area contributed by atoms with Gasteiger partial charge in [0.15, 0.2) is 0 Å². The molecule has 0 radical (unpaired) electrons. The van der Waals surface area contributed by atoms with Crippen molar-refractivity contribution in [2.24, 2.45) is 17.3 Å². The molecule has 2 aromatic rings. The van der Waals surface area contributed by atoms with Gasteiger partial charge in [-0.2, -0.15) is 5.26 Å². The van der Waals surface area contributed by atoms with Crippen LogP contribution in [0.15, 0.2) is 65.2 Å². The average Bonchev–Trinajstić information content (AvgIpc) is 3.20. The van der Waals surface area contributed by atoms with E-state index in [9.17, 15) is 10.1 Å². The molecule has 1 aliphatic rings. The minimum atomic E-state index is -1.03. The van der Waals surface area contributed by atoms with E-state index in [4.69, 9.17) is 32.7 Å². The zero-order valence-electron chi connectivity index (χ0n) is 15.4. The van der Waals surface area contributed by atoms with Crippen molar-refractivity contribution in [2.75, 3.05) is 0 Å². The molecule has 1 aliphatic carbocycles. The van der Waals surface area contributed by atoms with Crippen LogP contribution < -0.4 is 4.74 Å². The Labute approximate surface area is 174 Å². The first-order valence-electron chi connectivity index (χ1n) is 8.78. The molecular weight excluding hydrogens is 397 g/mol. The third-order valence-corrected chi connectivity index (χ3v) is 5.21. The van der Waals surface area contributed by atoms with Crippen LogP contribution in [0.4, 0.5) is 0 Å². The normalized spacial score (nSPS) is 20.4. The summed E-state index contributed by atoms with van der Waals surface area (Å²) in [5.74, 6) is 0.289. The van der Waals surface area contributed by atoms with Crippen LogP contribution in [-0.2, 0) is 9.53 Å². The SMILES string of the molecule is CC1(C)[C@@H](C=C(Cl)Cl)[C@@H]1C(=O)O[C@H](C#N)c1cccc(Oc2ccccc2)c1. The van der Waals surface area contributed by atoms with Gasteiger partial charge in [0.1, 0.15) is 22.1 Å². The lowest BCUT2D eigenvalue weighted by Crippen LogP contribution is -2.14. The summed E-state index contributed by atoms with van der Waals surface area (Å²) in [5.41, 5.74) is 0.231. The zero-order chi connectivity index (χ0) is 20.3. The van der Waals surface area contributed by atoms with Crippen LogP contribution in [0.25, 0.3) is 0 Å². The highest BCUT2D eigenvalue weighted by molar-refractivity contribution is 6.55. The van der Waals surface area contributed by atoms with Crippen molar-refractivity contribution in [3.8, 4) is 17.6 Å². The van der Waals surface area contributed by atoms with Gasteiger partial charge in [-0.1, -0.05) is 67.4 Å². The lowest BCUT2D eigenvalue weighted by Gasteiger charge is -2.13. The maximum Gasteiger partial charge on any atom is 0.311 e. The highest BCUT2D eigenvalue weighted by atomic mass is 35.5. The van der Waals surface area contributed by atoms with Crippen LogP contribution in [0.2, 0.25) is 0 Å². The van der Waals surface area contributed by atoms with Gasteiger partial charge in [0, 0.05) is 5.56 Å². The van der Waals surface area contributed by atoms with Gasteiger partial charge in [0.25, 0.3) is 0 Å². The van der Waals surface area contributed by atoms with Crippen molar-refractivity contribution in [3.63, 3.8) is 0 Å². The summed E-state index contributed by atoms with van der Waals surface area (Å²) in [4.78, 5) is 12.6. The number of rotatable bonds is 6. The molecule has 28 heavy (non-hydrogen) atoms. The fraction of sp³-hybridized carbons (Fsp3) is 0.273. The lowest BCUT2D eigenvalue weighted by atomic mass is 10.1. The standard InChI is InChI=1S/C22H19Cl2NO3/c1-22(2)17(12-19(23)24)20(22)21(26)28-18(13-25)14-7-6-10-16(11-14)27-15-8-4-3-5-9-15/h3-12,17-18,20H,1-2H3/t17-,18+,20+/m0/s1. The fourth-order valence-electron chi connectivity index (χ4n) is 3.30. The third-order valence-electron chi connectivity index (χ3n) is 4.96. The third kappa shape index (κ3) is 4.49. The number of hydrogen-bond acceptors (Lipinski definition) is 4. The number of nitriles is 1. The molecule has 6 heteroatoms. The smallest absolute Gasteiger partial charge is 0.311 e. The molecule has 0 heterocycles. The number of benzene rings is 2. The molecular formula is C22H19Cl2NO3. The van der Waals surface area contributed by atoms with Crippen LogP contribution in [-0.4, -0.2) is 5.97 Å². The summed E-state index contributed by atoms with van der Waals surface area (Å²) in [7, 11) is 0. The van der Waals surface area contributed by atoms with Crippen LogP contribution >= 0.6 is 23.2 Å². The molecule has 144 valence electrons. The second kappa shape index (κ2) is 8.26. The Bertz CT molecular complexity index is 930. The molecule has 3 rings (SSSR count). The number of para-hydroxylation sites is 1. The highest BCUT2D eigenvalue weighted by Crippen LogP contribution is 2.60. The number of hydrogen-bond donors (Lipinski definition) is 0. The van der Waals surface area contributed by atoms with Crippen molar-refractivity contribution in [3.05, 3.63) is 70.7 Å². The molecule has 3 atom stereocenters. The van der Waals surface area contributed by atoms with Crippen molar-refractivity contribution >= 4 is 29.2 Å². The Morgan fingerprint density at radius 3 is 2.46 bits per heavy atom. The first-order chi connectivity index (χ1) is 13.3. The van der Waals surface area contributed by atoms with Crippen LogP contribution in [0.5, 0.6) is 11.5 Å². The summed E-state index contributed by atoms with van der Waals surface area (Å²) < 4.78 is 11.4. The number of carbonyl (C=O) groups is 1. The predicted molar refractivity (Wildman–Crippen MR) is 108 cm³/mol. The minimum Gasteiger partial charge on any atom is -0.457 e. The van der Waals surface area contributed by atoms with Gasteiger partial charge in [0.05, 0.1) is 5.92 Å². The van der Waals surface area contributed by atoms with Gasteiger partial charge in [-0.15, -0.1) is 0 Å². The van der Waals surface area contributed by atoms with Crippen molar-refractivity contribution in [1.82, 2.24) is 0 Å². The second-order valence-electron chi connectivity index (χ2n) is 7.21. The maximum atomic E-state index is 12.6. The van der Waals surface area contributed by atoms with E-state index >= 15 is 0 Å². The summed E-state index contributed by atoms with van der Waals surface area (Å²) in [6.45, 7) is 3.87. The summed E-state index contributed by atoms with van der Waals surface area (Å²) in [5, 5.41) is 9.53. The second-order valence-corrected chi connectivity index (χ2v) is 8.22. The molecule has 0 N–H and O–H groups in total. The van der Waals surface area contributed by atoms with Crippen LogP contribution in [0, 0.1) is 28.6 Å². The van der Waals surface area contributed by atoms with E-state index in [1.54, 1.807) is 30.3 Å². The molecule has 0 spiro atoms. The summed E-state index contributed by atoms with van der Waals surface area (Å²) in [6, 6.07) is 18.3. The summed E-state index contributed by atoms with van der Waals surface area (Å²) >= 11 is 11.5. The molecule has 0 aliphatic heterocycles. The summed E-state index contributed by atoms with van der Waals surface area (Å²) in [6.07, 6.45) is 0.615. The van der Waals surface area contributed by atoms with E-state index in [2.05, 4.69) is 0 Å². The van der Waals surface area contributed by atoms with E-state index in [-0.39, 0.29) is 21.7 Å². The number of esters is 1. The van der Waals surface area contributed by atoms with Gasteiger partial charge >= 0.3 is 5.97 Å². The van der Waals surface area contributed by atoms with Gasteiger partial charge in [-0.3, -0.25) is 4.79 Å². The Balaban J connectivity index is 1.72. The van der Waals surface area contributed by atoms with Crippen molar-refractivity contribution in [2.45, 2.75) is 20.0 Å². The van der Waals surface area contributed by atoms with Gasteiger partial charge in [0.2, 0.25) is 6.10 Å². The average molecular weight is 416 g/mol. The van der Waals surface area contributed by atoms with E-state index in [1.165, 1.54) is 0 Å². The molecule has 0 saturated heterocycles. The predicted octanol–water partition coefficient (Wildman–Crippen LogP) is 6.18. The zero-order valence-corrected chi connectivity index (χ0v) is 16.9. The molecule has 2 aromatic carbocycles. The van der Waals surface area contributed by atoms with E-state index in [0.29, 0.717) is 17.1 Å². The number of nitrogens with zero attached hydrogens (tertiary/aromatic N) is 1. The lowest BCUT2D eigenvalue weighted by molar-refractivity contribution is -0.149. The fourth-order valence-corrected chi connectivity index (χ4v) is 3.57. The quantitative estimate of drug-likeness (QED) is 0.528. The topological polar surface area (TPSA) is 59.3 Å². The first-order valence-corrected chi connectivity index (χ1v) is 9.54. The number of ether oxygens (including phenoxy) is 2. The number of carbonyl (C=O) groups excluding carboxylic acids is 1.